The molecule has 0 saturated carbocycles. The van der Waals surface area contributed by atoms with Gasteiger partial charge in [0.2, 0.25) is 11.8 Å². The van der Waals surface area contributed by atoms with E-state index in [0.717, 1.165) is 5.56 Å². The number of halogens is 1. The van der Waals surface area contributed by atoms with Crippen molar-refractivity contribution < 1.29 is 19.1 Å². The number of anilines is 1. The Kier molecular flexibility index (Phi) is 7.37. The van der Waals surface area contributed by atoms with Gasteiger partial charge in [0.25, 0.3) is 0 Å². The third kappa shape index (κ3) is 5.82. The Hall–Kier alpha value is -2.86. The van der Waals surface area contributed by atoms with E-state index in [1.165, 1.54) is 14.0 Å². The minimum Gasteiger partial charge on any atom is -0.465 e. The van der Waals surface area contributed by atoms with Gasteiger partial charge in [-0.15, -0.1) is 0 Å². The Morgan fingerprint density at radius 2 is 1.74 bits per heavy atom. The SMILES string of the molecule is COC(=O)c1ccccc1NC(=O)CCN(Cc1ccccc1Cl)C(C)=O. The van der Waals surface area contributed by atoms with Crippen molar-refractivity contribution in [1.82, 2.24) is 4.90 Å². The third-order valence-corrected chi connectivity index (χ3v) is 4.35. The first kappa shape index (κ1) is 20.5. The molecule has 27 heavy (non-hydrogen) atoms. The second-order valence-electron chi connectivity index (χ2n) is 5.87. The zero-order chi connectivity index (χ0) is 19.8. The molecule has 0 unspecified atom stereocenters. The minimum absolute atomic E-state index is 0.0829. The standard InChI is InChI=1S/C20H21ClN2O4/c1-14(24)23(13-15-7-3-5-9-17(15)21)12-11-19(25)22-18-10-6-4-8-16(18)20(26)27-2/h3-10H,11-13H2,1-2H3,(H,22,25). The maximum Gasteiger partial charge on any atom is 0.339 e. The highest BCUT2D eigenvalue weighted by Gasteiger charge is 2.16. The van der Waals surface area contributed by atoms with E-state index in [1.54, 1.807) is 35.2 Å². The number of benzene rings is 2. The predicted octanol–water partition coefficient (Wildman–Crippen LogP) is 3.50. The summed E-state index contributed by atoms with van der Waals surface area (Å²) >= 11 is 6.14. The fourth-order valence-electron chi connectivity index (χ4n) is 2.51. The molecule has 0 spiro atoms. The molecule has 0 aromatic heterocycles. The van der Waals surface area contributed by atoms with E-state index >= 15 is 0 Å². The molecule has 0 bridgehead atoms. The highest BCUT2D eigenvalue weighted by atomic mass is 35.5. The molecule has 1 N–H and O–H groups in total. The van der Waals surface area contributed by atoms with Crippen LogP contribution in [0.15, 0.2) is 48.5 Å². The number of rotatable bonds is 7. The minimum atomic E-state index is -0.532. The van der Waals surface area contributed by atoms with Crippen LogP contribution < -0.4 is 5.32 Å². The highest BCUT2D eigenvalue weighted by Crippen LogP contribution is 2.18. The number of methoxy groups -OCH3 is 1. The summed E-state index contributed by atoms with van der Waals surface area (Å²) in [6, 6.07) is 13.8. The average Bonchev–Trinajstić information content (AvgIpc) is 2.66. The zero-order valence-electron chi connectivity index (χ0n) is 15.2. The molecule has 0 fully saturated rings. The molecule has 0 aliphatic heterocycles. The van der Waals surface area contributed by atoms with Crippen molar-refractivity contribution in [3.63, 3.8) is 0 Å². The van der Waals surface area contributed by atoms with Crippen LogP contribution in [-0.4, -0.2) is 36.3 Å². The summed E-state index contributed by atoms with van der Waals surface area (Å²) in [6.07, 6.45) is 0.0829. The number of nitrogens with one attached hydrogen (secondary N) is 1. The van der Waals surface area contributed by atoms with Gasteiger partial charge in [0.15, 0.2) is 0 Å². The molecule has 142 valence electrons. The molecule has 2 aromatic carbocycles. The molecular formula is C20H21ClN2O4. The van der Waals surface area contributed by atoms with Crippen molar-refractivity contribution in [3.8, 4) is 0 Å². The Bertz CT molecular complexity index is 838. The van der Waals surface area contributed by atoms with Crippen LogP contribution in [0.25, 0.3) is 0 Å². The number of para-hydroxylation sites is 1. The summed E-state index contributed by atoms with van der Waals surface area (Å²) in [5.41, 5.74) is 1.45. The predicted molar refractivity (Wildman–Crippen MR) is 104 cm³/mol. The number of amides is 2. The van der Waals surface area contributed by atoms with Gasteiger partial charge in [0.1, 0.15) is 0 Å². The Morgan fingerprint density at radius 3 is 2.41 bits per heavy atom. The summed E-state index contributed by atoms with van der Waals surface area (Å²) in [6.45, 7) is 2.00. The molecule has 0 radical (unpaired) electrons. The fourth-order valence-corrected chi connectivity index (χ4v) is 2.70. The van der Waals surface area contributed by atoms with Crippen molar-refractivity contribution in [1.29, 1.82) is 0 Å². The van der Waals surface area contributed by atoms with E-state index in [9.17, 15) is 14.4 Å². The lowest BCUT2D eigenvalue weighted by Gasteiger charge is -2.21. The van der Waals surface area contributed by atoms with Crippen molar-refractivity contribution in [2.45, 2.75) is 19.9 Å². The van der Waals surface area contributed by atoms with E-state index in [0.29, 0.717) is 17.3 Å². The number of esters is 1. The highest BCUT2D eigenvalue weighted by molar-refractivity contribution is 6.31. The van der Waals surface area contributed by atoms with Gasteiger partial charge in [0.05, 0.1) is 18.4 Å². The summed E-state index contributed by atoms with van der Waals surface area (Å²) in [4.78, 5) is 37.5. The van der Waals surface area contributed by atoms with Crippen molar-refractivity contribution in [3.05, 3.63) is 64.7 Å². The molecule has 0 saturated heterocycles. The molecule has 2 rings (SSSR count). The molecule has 2 amide bonds. The second kappa shape index (κ2) is 9.73. The van der Waals surface area contributed by atoms with Gasteiger partial charge < -0.3 is 15.0 Å². The summed E-state index contributed by atoms with van der Waals surface area (Å²) in [5.74, 6) is -0.996. The molecule has 6 nitrogen and oxygen atoms in total. The van der Waals surface area contributed by atoms with Gasteiger partial charge in [-0.1, -0.05) is 41.9 Å². The summed E-state index contributed by atoms with van der Waals surface area (Å²) in [5, 5.41) is 3.26. The van der Waals surface area contributed by atoms with E-state index in [1.807, 2.05) is 18.2 Å². The molecule has 7 heteroatoms. The molecular weight excluding hydrogens is 368 g/mol. The fraction of sp³-hybridized carbons (Fsp3) is 0.250. The first-order valence-corrected chi connectivity index (χ1v) is 8.76. The number of nitrogens with zero attached hydrogens (tertiary/aromatic N) is 1. The molecule has 0 aliphatic carbocycles. The van der Waals surface area contributed by atoms with E-state index in [4.69, 9.17) is 16.3 Å². The van der Waals surface area contributed by atoms with Crippen molar-refractivity contribution >= 4 is 35.1 Å². The number of hydrogen-bond donors (Lipinski definition) is 1. The second-order valence-corrected chi connectivity index (χ2v) is 6.27. The molecule has 0 heterocycles. The van der Waals surface area contributed by atoms with Gasteiger partial charge in [-0.05, 0) is 23.8 Å². The number of ether oxygens (including phenoxy) is 1. The van der Waals surface area contributed by atoms with E-state index in [-0.39, 0.29) is 30.3 Å². The summed E-state index contributed by atoms with van der Waals surface area (Å²) in [7, 11) is 1.28. The van der Waals surface area contributed by atoms with Crippen LogP contribution in [0.3, 0.4) is 0 Å². The number of carbonyl (C=O) groups is 3. The normalized spacial score (nSPS) is 10.2. The van der Waals surface area contributed by atoms with Crippen LogP contribution in [-0.2, 0) is 20.9 Å². The van der Waals surface area contributed by atoms with Crippen molar-refractivity contribution in [2.24, 2.45) is 0 Å². The van der Waals surface area contributed by atoms with Gasteiger partial charge in [-0.2, -0.15) is 0 Å². The molecule has 2 aromatic rings. The lowest BCUT2D eigenvalue weighted by atomic mass is 10.1. The molecule has 0 aliphatic rings. The van der Waals surface area contributed by atoms with Crippen LogP contribution in [0.1, 0.15) is 29.3 Å². The van der Waals surface area contributed by atoms with Crippen LogP contribution in [0.5, 0.6) is 0 Å². The number of hydrogen-bond acceptors (Lipinski definition) is 4. The Morgan fingerprint density at radius 1 is 1.07 bits per heavy atom. The van der Waals surface area contributed by atoms with Crippen molar-refractivity contribution in [2.75, 3.05) is 19.0 Å². The lowest BCUT2D eigenvalue weighted by molar-refractivity contribution is -0.129. The third-order valence-electron chi connectivity index (χ3n) is 3.98. The van der Waals surface area contributed by atoms with Crippen LogP contribution >= 0.6 is 11.6 Å². The maximum absolute atomic E-state index is 12.3. The van der Waals surface area contributed by atoms with Gasteiger partial charge in [0, 0.05) is 31.5 Å². The lowest BCUT2D eigenvalue weighted by Crippen LogP contribution is -2.31. The van der Waals surface area contributed by atoms with Crippen LogP contribution in [0, 0.1) is 0 Å². The summed E-state index contributed by atoms with van der Waals surface area (Å²) < 4.78 is 4.71. The smallest absolute Gasteiger partial charge is 0.339 e. The first-order chi connectivity index (χ1) is 12.9. The first-order valence-electron chi connectivity index (χ1n) is 8.38. The zero-order valence-corrected chi connectivity index (χ0v) is 16.0. The van der Waals surface area contributed by atoms with Gasteiger partial charge in [-0.25, -0.2) is 4.79 Å². The Labute approximate surface area is 163 Å². The Balaban J connectivity index is 2.00. The largest absolute Gasteiger partial charge is 0.465 e. The van der Waals surface area contributed by atoms with Crippen LogP contribution in [0.4, 0.5) is 5.69 Å². The van der Waals surface area contributed by atoms with Crippen LogP contribution in [0.2, 0.25) is 5.02 Å². The average molecular weight is 389 g/mol. The maximum atomic E-state index is 12.3. The van der Waals surface area contributed by atoms with E-state index < -0.39 is 5.97 Å². The topological polar surface area (TPSA) is 75.7 Å². The molecule has 0 atom stereocenters. The van der Waals surface area contributed by atoms with E-state index in [2.05, 4.69) is 5.32 Å². The van der Waals surface area contributed by atoms with Gasteiger partial charge >= 0.3 is 5.97 Å². The van der Waals surface area contributed by atoms with Gasteiger partial charge in [-0.3, -0.25) is 9.59 Å². The quantitative estimate of drug-likeness (QED) is 0.736. The number of carbonyl (C=O) groups excluding carboxylic acids is 3. The monoisotopic (exact) mass is 388 g/mol.